The highest BCUT2D eigenvalue weighted by Crippen LogP contribution is 2.31. The van der Waals surface area contributed by atoms with Gasteiger partial charge in [-0.2, -0.15) is 0 Å². The number of anilines is 1. The third-order valence-electron chi connectivity index (χ3n) is 5.59. The molecule has 1 aliphatic rings. The van der Waals surface area contributed by atoms with E-state index in [0.29, 0.717) is 21.3 Å². The van der Waals surface area contributed by atoms with Gasteiger partial charge in [-0.15, -0.1) is 0 Å². The summed E-state index contributed by atoms with van der Waals surface area (Å²) in [5.74, 6) is -0.550. The van der Waals surface area contributed by atoms with Crippen LogP contribution in [0.2, 0.25) is 10.0 Å². The van der Waals surface area contributed by atoms with Crippen LogP contribution in [0.25, 0.3) is 10.9 Å². The number of hydrogen-bond acceptors (Lipinski definition) is 3. The zero-order chi connectivity index (χ0) is 22.1. The zero-order valence-corrected chi connectivity index (χ0v) is 19.0. The fourth-order valence-corrected chi connectivity index (χ4v) is 4.55. The normalized spacial score (nSPS) is 13.0. The number of aromatic nitrogens is 1. The highest BCUT2D eigenvalue weighted by molar-refractivity contribution is 6.39. The first-order valence-electron chi connectivity index (χ1n) is 10.3. The number of carbonyl (C=O) groups excluding carboxylic acids is 2. The van der Waals surface area contributed by atoms with E-state index in [4.69, 9.17) is 28.2 Å². The smallest absolute Gasteiger partial charge is 0.255 e. The second kappa shape index (κ2) is 8.85. The molecule has 7 heteroatoms. The number of rotatable bonds is 4. The molecule has 0 bridgehead atoms. The maximum atomic E-state index is 13.5. The Morgan fingerprint density at radius 1 is 1.10 bits per heavy atom. The van der Waals surface area contributed by atoms with Crippen LogP contribution in [-0.4, -0.2) is 35.3 Å². The lowest BCUT2D eigenvalue weighted by Crippen LogP contribution is -2.36. The van der Waals surface area contributed by atoms with E-state index in [-0.39, 0.29) is 18.4 Å². The average Bonchev–Trinajstić information content (AvgIpc) is 2.74. The van der Waals surface area contributed by atoms with E-state index in [1.165, 1.54) is 4.90 Å². The molecule has 0 spiro atoms. The summed E-state index contributed by atoms with van der Waals surface area (Å²) in [6.07, 6.45) is 3.79. The number of amides is 2. The topological polar surface area (TPSA) is 62.3 Å². The van der Waals surface area contributed by atoms with Crippen LogP contribution in [-0.2, 0) is 17.6 Å². The summed E-state index contributed by atoms with van der Waals surface area (Å²) >= 11 is 12.3. The maximum Gasteiger partial charge on any atom is 0.255 e. The summed E-state index contributed by atoms with van der Waals surface area (Å²) in [6, 6.07) is 11.0. The minimum Gasteiger partial charge on any atom is -0.332 e. The molecule has 31 heavy (non-hydrogen) atoms. The number of para-hydroxylation sites is 1. The minimum absolute atomic E-state index is 0.120. The number of aryl methyl sites for hydroxylation is 2. The molecule has 0 atom stereocenters. The molecular formula is C24H23Cl2N3O2. The van der Waals surface area contributed by atoms with Crippen molar-refractivity contribution in [3.63, 3.8) is 0 Å². The molecule has 3 aromatic rings. The zero-order valence-electron chi connectivity index (χ0n) is 17.5. The molecule has 1 N–H and O–H groups in total. The molecule has 2 amide bonds. The van der Waals surface area contributed by atoms with Crippen molar-refractivity contribution in [1.29, 1.82) is 0 Å². The summed E-state index contributed by atoms with van der Waals surface area (Å²) in [4.78, 5) is 32.4. The van der Waals surface area contributed by atoms with E-state index < -0.39 is 0 Å². The van der Waals surface area contributed by atoms with Crippen molar-refractivity contribution < 1.29 is 9.59 Å². The first kappa shape index (κ1) is 21.6. The minimum atomic E-state index is -0.366. The lowest BCUT2D eigenvalue weighted by atomic mass is 9.89. The predicted octanol–water partition coefficient (Wildman–Crippen LogP) is 5.44. The molecule has 1 heterocycles. The molecule has 2 aromatic carbocycles. The van der Waals surface area contributed by atoms with E-state index in [0.717, 1.165) is 53.4 Å². The van der Waals surface area contributed by atoms with Crippen LogP contribution in [0.3, 0.4) is 0 Å². The number of carbonyl (C=O) groups is 2. The molecule has 0 unspecified atom stereocenters. The lowest BCUT2D eigenvalue weighted by Gasteiger charge is -2.24. The van der Waals surface area contributed by atoms with E-state index >= 15 is 0 Å². The number of likely N-dealkylation sites (N-methyl/N-ethyl adjacent to an activating group) is 1. The van der Waals surface area contributed by atoms with E-state index in [1.54, 1.807) is 25.2 Å². The van der Waals surface area contributed by atoms with E-state index in [9.17, 15) is 9.59 Å². The quantitative estimate of drug-likeness (QED) is 0.569. The molecular weight excluding hydrogens is 433 g/mol. The molecule has 0 aliphatic heterocycles. The van der Waals surface area contributed by atoms with Crippen molar-refractivity contribution in [3.8, 4) is 0 Å². The SMILES string of the molecule is Cc1ccc2nc3c(c(C(=O)N(C)CC(=O)Nc4c(Cl)cccc4Cl)c2c1)CCCC3. The molecule has 0 radical (unpaired) electrons. The second-order valence-corrected chi connectivity index (χ2v) is 8.76. The first-order chi connectivity index (χ1) is 14.8. The number of nitrogens with one attached hydrogen (secondary N) is 1. The Balaban J connectivity index is 1.64. The van der Waals surface area contributed by atoms with Crippen LogP contribution >= 0.6 is 23.2 Å². The number of pyridine rings is 1. The van der Waals surface area contributed by atoms with Crippen LogP contribution in [0, 0.1) is 6.92 Å². The molecule has 1 aliphatic carbocycles. The van der Waals surface area contributed by atoms with Crippen molar-refractivity contribution in [1.82, 2.24) is 9.88 Å². The second-order valence-electron chi connectivity index (χ2n) is 7.95. The molecule has 0 saturated carbocycles. The highest BCUT2D eigenvalue weighted by atomic mass is 35.5. The van der Waals surface area contributed by atoms with Gasteiger partial charge in [-0.25, -0.2) is 0 Å². The Labute approximate surface area is 191 Å². The van der Waals surface area contributed by atoms with Gasteiger partial charge < -0.3 is 10.2 Å². The van der Waals surface area contributed by atoms with Crippen LogP contribution in [0.4, 0.5) is 5.69 Å². The Hall–Kier alpha value is -2.63. The van der Waals surface area contributed by atoms with Gasteiger partial charge in [0.15, 0.2) is 0 Å². The molecule has 1 aromatic heterocycles. The van der Waals surface area contributed by atoms with Gasteiger partial charge in [-0.05, 0) is 62.4 Å². The van der Waals surface area contributed by atoms with Gasteiger partial charge in [0.2, 0.25) is 5.91 Å². The summed E-state index contributed by atoms with van der Waals surface area (Å²) in [5, 5.41) is 4.25. The summed E-state index contributed by atoms with van der Waals surface area (Å²) in [7, 11) is 1.63. The first-order valence-corrected chi connectivity index (χ1v) is 11.0. The Morgan fingerprint density at radius 3 is 2.55 bits per heavy atom. The Kier molecular flexibility index (Phi) is 6.17. The summed E-state index contributed by atoms with van der Waals surface area (Å²) < 4.78 is 0. The fourth-order valence-electron chi connectivity index (χ4n) is 4.06. The number of fused-ring (bicyclic) bond motifs is 2. The number of nitrogens with zero attached hydrogens (tertiary/aromatic N) is 2. The molecule has 5 nitrogen and oxygen atoms in total. The predicted molar refractivity (Wildman–Crippen MR) is 125 cm³/mol. The van der Waals surface area contributed by atoms with Crippen LogP contribution in [0.15, 0.2) is 36.4 Å². The number of halogens is 2. The van der Waals surface area contributed by atoms with Crippen LogP contribution in [0.1, 0.15) is 40.0 Å². The summed E-state index contributed by atoms with van der Waals surface area (Å²) in [6.45, 7) is 1.88. The van der Waals surface area contributed by atoms with Crippen LogP contribution < -0.4 is 5.32 Å². The number of hydrogen-bond donors (Lipinski definition) is 1. The van der Waals surface area contributed by atoms with Crippen molar-refractivity contribution in [2.75, 3.05) is 18.9 Å². The largest absolute Gasteiger partial charge is 0.332 e. The highest BCUT2D eigenvalue weighted by Gasteiger charge is 2.26. The maximum absolute atomic E-state index is 13.5. The Morgan fingerprint density at radius 2 is 1.81 bits per heavy atom. The summed E-state index contributed by atoms with van der Waals surface area (Å²) in [5.41, 5.74) is 4.89. The van der Waals surface area contributed by atoms with Gasteiger partial charge >= 0.3 is 0 Å². The van der Waals surface area contributed by atoms with Crippen molar-refractivity contribution >= 4 is 51.6 Å². The Bertz CT molecular complexity index is 1170. The standard InChI is InChI=1S/C24H23Cl2N3O2/c1-14-10-11-20-16(12-14)22(15-6-3-4-9-19(15)27-20)24(31)29(2)13-21(30)28-23-17(25)7-5-8-18(23)26/h5,7-8,10-12H,3-4,6,9,13H2,1-2H3,(H,28,30). The van der Waals surface area contributed by atoms with Gasteiger partial charge in [-0.1, -0.05) is 40.9 Å². The van der Waals surface area contributed by atoms with E-state index in [1.807, 2.05) is 25.1 Å². The molecule has 160 valence electrons. The average molecular weight is 456 g/mol. The molecule has 0 fully saturated rings. The van der Waals surface area contributed by atoms with Crippen LogP contribution in [0.5, 0.6) is 0 Å². The van der Waals surface area contributed by atoms with Gasteiger partial charge in [-0.3, -0.25) is 14.6 Å². The van der Waals surface area contributed by atoms with Crippen molar-refractivity contribution in [2.24, 2.45) is 0 Å². The van der Waals surface area contributed by atoms with Crippen molar-refractivity contribution in [2.45, 2.75) is 32.6 Å². The van der Waals surface area contributed by atoms with Gasteiger partial charge in [0, 0.05) is 18.1 Å². The third-order valence-corrected chi connectivity index (χ3v) is 6.22. The molecule has 0 saturated heterocycles. The van der Waals surface area contributed by atoms with Crippen molar-refractivity contribution in [3.05, 3.63) is 68.8 Å². The lowest BCUT2D eigenvalue weighted by molar-refractivity contribution is -0.116. The third kappa shape index (κ3) is 4.39. The fraction of sp³-hybridized carbons (Fsp3) is 0.292. The number of benzene rings is 2. The van der Waals surface area contributed by atoms with Gasteiger partial charge in [0.25, 0.3) is 5.91 Å². The monoisotopic (exact) mass is 455 g/mol. The van der Waals surface area contributed by atoms with E-state index in [2.05, 4.69) is 5.32 Å². The van der Waals surface area contributed by atoms with Gasteiger partial charge in [0.1, 0.15) is 0 Å². The van der Waals surface area contributed by atoms with Gasteiger partial charge in [0.05, 0.1) is 33.4 Å². The molecule has 4 rings (SSSR count).